The molecule has 4 amide bonds. The highest BCUT2D eigenvalue weighted by atomic mass is 16.2. The van der Waals surface area contributed by atoms with Crippen molar-refractivity contribution in [3.8, 4) is 0 Å². The van der Waals surface area contributed by atoms with Crippen LogP contribution in [0, 0.1) is 11.8 Å². The van der Waals surface area contributed by atoms with Gasteiger partial charge in [0, 0.05) is 30.4 Å². The van der Waals surface area contributed by atoms with E-state index in [9.17, 15) is 14.4 Å². The molecule has 0 spiro atoms. The molecule has 2 fully saturated rings. The molecule has 2 heterocycles. The number of aliphatic imine (C=N–C) groups is 1. The summed E-state index contributed by atoms with van der Waals surface area (Å²) in [5.74, 6) is -0.264. The molecule has 7 nitrogen and oxygen atoms in total. The maximum Gasteiger partial charge on any atom is 0.336 e. The summed E-state index contributed by atoms with van der Waals surface area (Å²) in [5.41, 5.74) is 0.932. The number of carbonyl (C=O) groups excluding carboxylic acids is 3. The maximum absolute atomic E-state index is 13.3. The van der Waals surface area contributed by atoms with Crippen LogP contribution in [0.2, 0.25) is 0 Å². The van der Waals surface area contributed by atoms with Gasteiger partial charge in [-0.2, -0.15) is 0 Å². The first-order valence-electron chi connectivity index (χ1n) is 10.9. The van der Waals surface area contributed by atoms with Gasteiger partial charge in [0.1, 0.15) is 11.8 Å². The van der Waals surface area contributed by atoms with E-state index in [0.717, 1.165) is 24.8 Å². The minimum absolute atomic E-state index is 0.000777. The van der Waals surface area contributed by atoms with E-state index in [0.29, 0.717) is 18.7 Å². The Morgan fingerprint density at radius 3 is 2.63 bits per heavy atom. The third kappa shape index (κ3) is 4.40. The maximum atomic E-state index is 13.3. The van der Waals surface area contributed by atoms with Gasteiger partial charge in [-0.25, -0.2) is 9.79 Å². The third-order valence-electron chi connectivity index (χ3n) is 6.16. The number of hydrogen-bond acceptors (Lipinski definition) is 4. The lowest BCUT2D eigenvalue weighted by molar-refractivity contribution is -0.133. The highest BCUT2D eigenvalue weighted by Gasteiger charge is 2.46. The minimum atomic E-state index is -0.574. The summed E-state index contributed by atoms with van der Waals surface area (Å²) < 4.78 is 0. The van der Waals surface area contributed by atoms with Gasteiger partial charge in [-0.15, -0.1) is 0 Å². The van der Waals surface area contributed by atoms with Crippen molar-refractivity contribution < 1.29 is 14.4 Å². The minimum Gasteiger partial charge on any atom is -0.353 e. The summed E-state index contributed by atoms with van der Waals surface area (Å²) in [6.07, 6.45) is 12.5. The normalized spacial score (nSPS) is 28.1. The molecule has 0 aromatic heterocycles. The molecule has 0 aromatic rings. The van der Waals surface area contributed by atoms with Crippen molar-refractivity contribution in [1.82, 2.24) is 15.1 Å². The lowest BCUT2D eigenvalue weighted by Gasteiger charge is -2.42. The monoisotopic (exact) mass is 412 g/mol. The van der Waals surface area contributed by atoms with Gasteiger partial charge in [0.2, 0.25) is 11.8 Å². The van der Waals surface area contributed by atoms with Crippen molar-refractivity contribution in [3.05, 3.63) is 36.2 Å². The topological polar surface area (TPSA) is 82.1 Å². The third-order valence-corrected chi connectivity index (χ3v) is 6.16. The van der Waals surface area contributed by atoms with E-state index >= 15 is 0 Å². The summed E-state index contributed by atoms with van der Waals surface area (Å²) in [6, 6.07) is -0.408. The van der Waals surface area contributed by atoms with Crippen LogP contribution in [-0.2, 0) is 9.59 Å². The van der Waals surface area contributed by atoms with E-state index in [1.807, 2.05) is 39.8 Å². The predicted molar refractivity (Wildman–Crippen MR) is 116 cm³/mol. The Morgan fingerprint density at radius 1 is 1.30 bits per heavy atom. The summed E-state index contributed by atoms with van der Waals surface area (Å²) >= 11 is 0. The lowest BCUT2D eigenvalue weighted by atomic mass is 9.88. The predicted octanol–water partition coefficient (Wildman–Crippen LogP) is 3.75. The first-order valence-corrected chi connectivity index (χ1v) is 10.9. The van der Waals surface area contributed by atoms with Crippen molar-refractivity contribution in [3.63, 3.8) is 0 Å². The summed E-state index contributed by atoms with van der Waals surface area (Å²) in [6.45, 7) is 7.68. The molecule has 3 aliphatic rings. The fraction of sp³-hybridized carbons (Fsp3) is 0.565. The molecular formula is C23H32N4O3. The number of fused-ring (bicyclic) bond motifs is 1. The number of amides is 4. The molecule has 0 aromatic carbocycles. The van der Waals surface area contributed by atoms with Crippen LogP contribution in [-0.4, -0.2) is 45.6 Å². The second kappa shape index (κ2) is 9.41. The number of hydrogen-bond donors (Lipinski definition) is 1. The van der Waals surface area contributed by atoms with Crippen LogP contribution in [0.5, 0.6) is 0 Å². The molecule has 2 aliphatic heterocycles. The summed E-state index contributed by atoms with van der Waals surface area (Å²) in [7, 11) is 0. The number of allylic oxidation sites excluding steroid dienone is 3. The Balaban J connectivity index is 1.75. The summed E-state index contributed by atoms with van der Waals surface area (Å²) in [4.78, 5) is 46.1. The van der Waals surface area contributed by atoms with Crippen LogP contribution in [0.4, 0.5) is 4.79 Å². The van der Waals surface area contributed by atoms with E-state index in [2.05, 4.69) is 10.3 Å². The molecule has 1 saturated carbocycles. The van der Waals surface area contributed by atoms with Crippen LogP contribution in [0.1, 0.15) is 59.8 Å². The lowest BCUT2D eigenvalue weighted by Crippen LogP contribution is -2.61. The molecule has 0 bridgehead atoms. The zero-order chi connectivity index (χ0) is 21.8. The zero-order valence-electron chi connectivity index (χ0n) is 18.3. The van der Waals surface area contributed by atoms with Crippen LogP contribution >= 0.6 is 0 Å². The van der Waals surface area contributed by atoms with E-state index in [1.165, 1.54) is 9.80 Å². The van der Waals surface area contributed by atoms with Crippen molar-refractivity contribution in [2.45, 2.75) is 71.9 Å². The molecule has 1 N–H and O–H groups in total. The highest BCUT2D eigenvalue weighted by molar-refractivity contribution is 6.20. The second-order valence-electron chi connectivity index (χ2n) is 8.36. The number of nitrogens with zero attached hydrogens (tertiary/aromatic N) is 3. The van der Waals surface area contributed by atoms with Gasteiger partial charge in [0.15, 0.2) is 0 Å². The second-order valence-corrected chi connectivity index (χ2v) is 8.36. The average Bonchev–Trinajstić information content (AvgIpc) is 2.93. The van der Waals surface area contributed by atoms with Crippen molar-refractivity contribution >= 4 is 23.7 Å². The molecule has 162 valence electrons. The quantitative estimate of drug-likeness (QED) is 0.747. The number of amidine groups is 1. The van der Waals surface area contributed by atoms with E-state index in [1.54, 1.807) is 18.5 Å². The van der Waals surface area contributed by atoms with Crippen LogP contribution in [0.3, 0.4) is 0 Å². The SMILES string of the molecule is C/C=C/N1C(=O)N(C2CCC(NC(=O)C(C)CC)CC2)C(=O)C2C=CC(C)=CN=C21. The molecule has 0 radical (unpaired) electrons. The molecule has 7 heteroatoms. The molecule has 1 saturated heterocycles. The van der Waals surface area contributed by atoms with Crippen LogP contribution in [0.15, 0.2) is 41.2 Å². The van der Waals surface area contributed by atoms with Gasteiger partial charge in [-0.05, 0) is 51.5 Å². The smallest absolute Gasteiger partial charge is 0.336 e. The Bertz CT molecular complexity index is 818. The van der Waals surface area contributed by atoms with Gasteiger partial charge in [-0.1, -0.05) is 32.1 Å². The van der Waals surface area contributed by atoms with E-state index in [4.69, 9.17) is 0 Å². The fourth-order valence-corrected chi connectivity index (χ4v) is 4.12. The van der Waals surface area contributed by atoms with Crippen molar-refractivity contribution in [2.24, 2.45) is 16.8 Å². The Labute approximate surface area is 178 Å². The van der Waals surface area contributed by atoms with Gasteiger partial charge in [-0.3, -0.25) is 19.4 Å². The molecule has 2 atom stereocenters. The number of carbonyl (C=O) groups is 3. The molecule has 2 unspecified atom stereocenters. The number of imide groups is 1. The molecular weight excluding hydrogens is 380 g/mol. The fourth-order valence-electron chi connectivity index (χ4n) is 4.12. The number of urea groups is 1. The van der Waals surface area contributed by atoms with Crippen molar-refractivity contribution in [1.29, 1.82) is 0 Å². The largest absolute Gasteiger partial charge is 0.353 e. The standard InChI is InChI=1S/C23H32N4O3/c1-5-13-26-20-19(12-7-15(3)14-24-20)22(29)27(23(26)30)18-10-8-17(9-11-18)25-21(28)16(4)6-2/h5,7,12-14,16-19H,6,8-11H2,1-4H3,(H,25,28)/b13-5+. The van der Waals surface area contributed by atoms with E-state index < -0.39 is 5.92 Å². The summed E-state index contributed by atoms with van der Waals surface area (Å²) in [5, 5.41) is 3.12. The molecule has 3 rings (SSSR count). The number of rotatable bonds is 5. The average molecular weight is 413 g/mol. The Kier molecular flexibility index (Phi) is 6.90. The molecule has 1 aliphatic carbocycles. The van der Waals surface area contributed by atoms with Crippen LogP contribution < -0.4 is 5.32 Å². The van der Waals surface area contributed by atoms with E-state index in [-0.39, 0.29) is 35.8 Å². The Morgan fingerprint density at radius 2 is 2.00 bits per heavy atom. The first-order chi connectivity index (χ1) is 14.4. The molecule has 30 heavy (non-hydrogen) atoms. The van der Waals surface area contributed by atoms with Gasteiger partial charge in [0.05, 0.1) is 0 Å². The van der Waals surface area contributed by atoms with Gasteiger partial charge < -0.3 is 5.32 Å². The number of nitrogens with one attached hydrogen (secondary N) is 1. The Hall–Kier alpha value is -2.70. The zero-order valence-corrected chi connectivity index (χ0v) is 18.3. The highest BCUT2D eigenvalue weighted by Crippen LogP contribution is 2.31. The van der Waals surface area contributed by atoms with Gasteiger partial charge >= 0.3 is 6.03 Å². The first kappa shape index (κ1) is 22.0. The van der Waals surface area contributed by atoms with Crippen LogP contribution in [0.25, 0.3) is 0 Å². The van der Waals surface area contributed by atoms with Crippen molar-refractivity contribution in [2.75, 3.05) is 0 Å². The van der Waals surface area contributed by atoms with Gasteiger partial charge in [0.25, 0.3) is 0 Å².